The zero-order valence-electron chi connectivity index (χ0n) is 10.6. The summed E-state index contributed by atoms with van der Waals surface area (Å²) >= 11 is 0. The minimum atomic E-state index is -0.445. The molecule has 0 unspecified atom stereocenters. The summed E-state index contributed by atoms with van der Waals surface area (Å²) in [4.78, 5) is 11.1. The minimum absolute atomic E-state index is 0.251. The Bertz CT molecular complexity index is 611. The summed E-state index contributed by atoms with van der Waals surface area (Å²) in [5, 5.41) is 3.20. The Hall–Kier alpha value is -2.36. The van der Waals surface area contributed by atoms with Gasteiger partial charge in [-0.15, -0.1) is 0 Å². The third-order valence-electron chi connectivity index (χ3n) is 2.88. The van der Waals surface area contributed by atoms with E-state index in [0.29, 0.717) is 12.1 Å². The maximum absolute atomic E-state index is 13.0. The van der Waals surface area contributed by atoms with Crippen molar-refractivity contribution in [3.8, 4) is 0 Å². The molecule has 0 saturated carbocycles. The van der Waals surface area contributed by atoms with Gasteiger partial charge in [0.05, 0.1) is 0 Å². The van der Waals surface area contributed by atoms with Crippen LogP contribution in [0.25, 0.3) is 0 Å². The van der Waals surface area contributed by atoms with Gasteiger partial charge in [-0.3, -0.25) is 4.79 Å². The summed E-state index contributed by atoms with van der Waals surface area (Å²) in [7, 11) is 0. The molecule has 3 nitrogen and oxygen atoms in total. The maximum atomic E-state index is 13.0. The molecule has 2 rings (SSSR count). The van der Waals surface area contributed by atoms with Crippen molar-refractivity contribution in [2.45, 2.75) is 13.5 Å². The molecule has 1 amide bonds. The molecular weight excluding hydrogens is 243 g/mol. The number of amides is 1. The fourth-order valence-electron chi connectivity index (χ4n) is 1.86. The van der Waals surface area contributed by atoms with Gasteiger partial charge in [0, 0.05) is 17.8 Å². The summed E-state index contributed by atoms with van der Waals surface area (Å²) in [5.41, 5.74) is 8.36. The molecule has 0 bridgehead atoms. The normalized spacial score (nSPS) is 10.2. The van der Waals surface area contributed by atoms with Gasteiger partial charge in [0.15, 0.2) is 0 Å². The standard InChI is InChI=1S/C15H15FN2O/c1-10-7-13(16)5-6-14(10)18-9-11-3-2-4-12(8-11)15(17)19/h2-8,18H,9H2,1H3,(H2,17,19). The van der Waals surface area contributed by atoms with E-state index in [-0.39, 0.29) is 5.82 Å². The lowest BCUT2D eigenvalue weighted by molar-refractivity contribution is 0.1000. The number of nitrogens with one attached hydrogen (secondary N) is 1. The molecule has 2 aromatic rings. The van der Waals surface area contributed by atoms with Crippen LogP contribution < -0.4 is 11.1 Å². The molecule has 2 aromatic carbocycles. The molecule has 0 atom stereocenters. The van der Waals surface area contributed by atoms with Crippen LogP contribution in [-0.2, 0) is 6.54 Å². The highest BCUT2D eigenvalue weighted by atomic mass is 19.1. The molecule has 0 aliphatic carbocycles. The molecule has 0 spiro atoms. The van der Waals surface area contributed by atoms with Crippen molar-refractivity contribution in [3.05, 3.63) is 65.0 Å². The van der Waals surface area contributed by atoms with Gasteiger partial charge < -0.3 is 11.1 Å². The predicted molar refractivity (Wildman–Crippen MR) is 73.4 cm³/mol. The van der Waals surface area contributed by atoms with E-state index in [1.165, 1.54) is 12.1 Å². The molecule has 0 aromatic heterocycles. The van der Waals surface area contributed by atoms with Crippen molar-refractivity contribution < 1.29 is 9.18 Å². The Morgan fingerprint density at radius 3 is 2.74 bits per heavy atom. The van der Waals surface area contributed by atoms with E-state index in [1.54, 1.807) is 24.3 Å². The SMILES string of the molecule is Cc1cc(F)ccc1NCc1cccc(C(N)=O)c1. The number of hydrogen-bond donors (Lipinski definition) is 2. The van der Waals surface area contributed by atoms with E-state index < -0.39 is 5.91 Å². The van der Waals surface area contributed by atoms with Crippen molar-refractivity contribution >= 4 is 11.6 Å². The van der Waals surface area contributed by atoms with Gasteiger partial charge in [-0.1, -0.05) is 12.1 Å². The topological polar surface area (TPSA) is 55.1 Å². The average molecular weight is 258 g/mol. The molecule has 0 radical (unpaired) electrons. The summed E-state index contributed by atoms with van der Waals surface area (Å²) < 4.78 is 13.0. The number of anilines is 1. The highest BCUT2D eigenvalue weighted by Gasteiger charge is 2.03. The van der Waals surface area contributed by atoms with Crippen LogP contribution in [0, 0.1) is 12.7 Å². The lowest BCUT2D eigenvalue weighted by Crippen LogP contribution is -2.11. The Morgan fingerprint density at radius 2 is 2.05 bits per heavy atom. The highest BCUT2D eigenvalue weighted by Crippen LogP contribution is 2.17. The largest absolute Gasteiger partial charge is 0.381 e. The Morgan fingerprint density at radius 1 is 1.26 bits per heavy atom. The molecule has 98 valence electrons. The number of hydrogen-bond acceptors (Lipinski definition) is 2. The Kier molecular flexibility index (Phi) is 3.80. The van der Waals surface area contributed by atoms with Gasteiger partial charge in [0.1, 0.15) is 5.82 Å². The maximum Gasteiger partial charge on any atom is 0.248 e. The van der Waals surface area contributed by atoms with Crippen LogP contribution in [0.1, 0.15) is 21.5 Å². The number of halogens is 1. The zero-order valence-corrected chi connectivity index (χ0v) is 10.6. The van der Waals surface area contributed by atoms with Crippen molar-refractivity contribution in [3.63, 3.8) is 0 Å². The van der Waals surface area contributed by atoms with E-state index in [4.69, 9.17) is 5.73 Å². The van der Waals surface area contributed by atoms with E-state index in [2.05, 4.69) is 5.32 Å². The van der Waals surface area contributed by atoms with E-state index in [1.807, 2.05) is 13.0 Å². The van der Waals surface area contributed by atoms with Crippen LogP contribution in [-0.4, -0.2) is 5.91 Å². The summed E-state index contributed by atoms with van der Waals surface area (Å²) in [6.45, 7) is 2.39. The first-order chi connectivity index (χ1) is 9.06. The van der Waals surface area contributed by atoms with Crippen LogP contribution in [0.2, 0.25) is 0 Å². The van der Waals surface area contributed by atoms with Gasteiger partial charge in [-0.25, -0.2) is 4.39 Å². The average Bonchev–Trinajstić information content (AvgIpc) is 2.38. The lowest BCUT2D eigenvalue weighted by Gasteiger charge is -2.10. The van der Waals surface area contributed by atoms with Crippen LogP contribution in [0.4, 0.5) is 10.1 Å². The van der Waals surface area contributed by atoms with Crippen molar-refractivity contribution in [2.24, 2.45) is 5.73 Å². The van der Waals surface area contributed by atoms with Crippen molar-refractivity contribution in [1.29, 1.82) is 0 Å². The molecule has 19 heavy (non-hydrogen) atoms. The second kappa shape index (κ2) is 5.52. The van der Waals surface area contributed by atoms with Crippen LogP contribution in [0.3, 0.4) is 0 Å². The molecule has 0 heterocycles. The smallest absolute Gasteiger partial charge is 0.248 e. The number of carbonyl (C=O) groups excluding carboxylic acids is 1. The first-order valence-corrected chi connectivity index (χ1v) is 5.95. The lowest BCUT2D eigenvalue weighted by atomic mass is 10.1. The molecule has 3 N–H and O–H groups in total. The van der Waals surface area contributed by atoms with Crippen LogP contribution in [0.5, 0.6) is 0 Å². The van der Waals surface area contributed by atoms with Crippen molar-refractivity contribution in [2.75, 3.05) is 5.32 Å². The zero-order chi connectivity index (χ0) is 13.8. The number of benzene rings is 2. The van der Waals surface area contributed by atoms with Gasteiger partial charge >= 0.3 is 0 Å². The third kappa shape index (κ3) is 3.31. The van der Waals surface area contributed by atoms with E-state index in [9.17, 15) is 9.18 Å². The minimum Gasteiger partial charge on any atom is -0.381 e. The number of primary amides is 1. The van der Waals surface area contributed by atoms with Crippen molar-refractivity contribution in [1.82, 2.24) is 0 Å². The van der Waals surface area contributed by atoms with Gasteiger partial charge in [0.25, 0.3) is 0 Å². The van der Waals surface area contributed by atoms with Gasteiger partial charge in [0.2, 0.25) is 5.91 Å². The van der Waals surface area contributed by atoms with Crippen LogP contribution in [0.15, 0.2) is 42.5 Å². The second-order valence-corrected chi connectivity index (χ2v) is 4.38. The highest BCUT2D eigenvalue weighted by molar-refractivity contribution is 5.92. The number of aryl methyl sites for hydroxylation is 1. The Labute approximate surface area is 111 Å². The molecular formula is C15H15FN2O. The second-order valence-electron chi connectivity index (χ2n) is 4.38. The fraction of sp³-hybridized carbons (Fsp3) is 0.133. The predicted octanol–water partition coefficient (Wildman–Crippen LogP) is 2.85. The van der Waals surface area contributed by atoms with E-state index >= 15 is 0 Å². The molecule has 0 fully saturated rings. The fourth-order valence-corrected chi connectivity index (χ4v) is 1.86. The Balaban J connectivity index is 2.10. The van der Waals surface area contributed by atoms with Crippen LogP contribution >= 0.6 is 0 Å². The first kappa shape index (κ1) is 13.1. The quantitative estimate of drug-likeness (QED) is 0.886. The molecule has 4 heteroatoms. The number of nitrogens with two attached hydrogens (primary N) is 1. The number of rotatable bonds is 4. The molecule has 0 saturated heterocycles. The van der Waals surface area contributed by atoms with E-state index in [0.717, 1.165) is 16.8 Å². The molecule has 0 aliphatic rings. The number of carbonyl (C=O) groups is 1. The van der Waals surface area contributed by atoms with Gasteiger partial charge in [-0.05, 0) is 48.4 Å². The summed E-state index contributed by atoms with van der Waals surface area (Å²) in [6, 6.07) is 11.7. The monoisotopic (exact) mass is 258 g/mol. The molecule has 0 aliphatic heterocycles. The summed E-state index contributed by atoms with van der Waals surface area (Å²) in [5.74, 6) is -0.696. The van der Waals surface area contributed by atoms with Gasteiger partial charge in [-0.2, -0.15) is 0 Å². The third-order valence-corrected chi connectivity index (χ3v) is 2.88. The first-order valence-electron chi connectivity index (χ1n) is 5.95. The summed E-state index contributed by atoms with van der Waals surface area (Å²) in [6.07, 6.45) is 0.